The van der Waals surface area contributed by atoms with E-state index in [9.17, 15) is 0 Å². The van der Waals surface area contributed by atoms with E-state index in [4.69, 9.17) is 10.9 Å². The number of hydrogen-bond donors (Lipinski definition) is 2. The van der Waals surface area contributed by atoms with Gasteiger partial charge >= 0.3 is 0 Å². The van der Waals surface area contributed by atoms with E-state index in [1.54, 1.807) is 12.4 Å². The number of nitrogens with zero attached hydrogens (tertiary/aromatic N) is 2. The highest BCUT2D eigenvalue weighted by Gasteiger charge is 2.26. The summed E-state index contributed by atoms with van der Waals surface area (Å²) in [6.45, 7) is 0. The molecule has 1 aliphatic carbocycles. The van der Waals surface area contributed by atoms with Crippen molar-refractivity contribution in [1.29, 1.82) is 0 Å². The van der Waals surface area contributed by atoms with Crippen LogP contribution in [0.1, 0.15) is 29.9 Å². The Hall–Kier alpha value is -1.58. The Labute approximate surface area is 76.1 Å². The zero-order chi connectivity index (χ0) is 9.26. The summed E-state index contributed by atoms with van der Waals surface area (Å²) in [5.41, 5.74) is 7.42. The minimum Gasteiger partial charge on any atom is -0.409 e. The SMILES string of the molecule is N/C(=N\O)c1cnccc1C1CC1. The Morgan fingerprint density at radius 1 is 1.62 bits per heavy atom. The van der Waals surface area contributed by atoms with Crippen LogP contribution < -0.4 is 5.73 Å². The molecule has 1 aromatic rings. The molecule has 4 heteroatoms. The second-order valence-electron chi connectivity index (χ2n) is 3.22. The molecule has 0 bridgehead atoms. The number of rotatable bonds is 2. The molecule has 1 heterocycles. The second-order valence-corrected chi connectivity index (χ2v) is 3.22. The van der Waals surface area contributed by atoms with Crippen LogP contribution in [0.2, 0.25) is 0 Å². The third-order valence-corrected chi connectivity index (χ3v) is 2.26. The molecule has 0 radical (unpaired) electrons. The molecule has 3 N–H and O–H groups in total. The molecule has 1 aliphatic rings. The van der Waals surface area contributed by atoms with Crippen molar-refractivity contribution in [3.05, 3.63) is 29.6 Å². The minimum absolute atomic E-state index is 0.148. The van der Waals surface area contributed by atoms with E-state index in [1.165, 1.54) is 12.8 Å². The maximum Gasteiger partial charge on any atom is 0.171 e. The molecule has 2 rings (SSSR count). The molecular formula is C9H11N3O. The van der Waals surface area contributed by atoms with E-state index in [1.807, 2.05) is 6.07 Å². The van der Waals surface area contributed by atoms with Crippen LogP contribution >= 0.6 is 0 Å². The van der Waals surface area contributed by atoms with Crippen molar-refractivity contribution in [1.82, 2.24) is 4.98 Å². The number of pyridine rings is 1. The summed E-state index contributed by atoms with van der Waals surface area (Å²) in [6.07, 6.45) is 5.76. The van der Waals surface area contributed by atoms with E-state index in [-0.39, 0.29) is 5.84 Å². The van der Waals surface area contributed by atoms with Crippen molar-refractivity contribution in [3.63, 3.8) is 0 Å². The van der Waals surface area contributed by atoms with E-state index in [2.05, 4.69) is 10.1 Å². The highest BCUT2D eigenvalue weighted by atomic mass is 16.4. The Bertz CT molecular complexity index is 344. The first-order valence-corrected chi connectivity index (χ1v) is 4.24. The lowest BCUT2D eigenvalue weighted by Crippen LogP contribution is -2.15. The highest BCUT2D eigenvalue weighted by Crippen LogP contribution is 2.41. The van der Waals surface area contributed by atoms with Crippen molar-refractivity contribution >= 4 is 5.84 Å². The third kappa shape index (κ3) is 1.47. The largest absolute Gasteiger partial charge is 0.409 e. The number of nitrogens with two attached hydrogens (primary N) is 1. The molecule has 0 atom stereocenters. The summed E-state index contributed by atoms with van der Waals surface area (Å²) in [4.78, 5) is 3.95. The molecule has 0 aromatic carbocycles. The summed E-state index contributed by atoms with van der Waals surface area (Å²) < 4.78 is 0. The molecule has 0 aliphatic heterocycles. The number of hydrogen-bond acceptors (Lipinski definition) is 3. The Morgan fingerprint density at radius 2 is 2.38 bits per heavy atom. The monoisotopic (exact) mass is 177 g/mol. The van der Waals surface area contributed by atoms with Gasteiger partial charge in [-0.3, -0.25) is 4.98 Å². The molecule has 1 fully saturated rings. The fourth-order valence-electron chi connectivity index (χ4n) is 1.42. The first kappa shape index (κ1) is 8.04. The predicted molar refractivity (Wildman–Crippen MR) is 48.7 cm³/mol. The molecule has 13 heavy (non-hydrogen) atoms. The molecule has 0 amide bonds. The minimum atomic E-state index is 0.148. The van der Waals surface area contributed by atoms with Crippen molar-refractivity contribution in [2.75, 3.05) is 0 Å². The molecule has 0 spiro atoms. The molecule has 1 saturated carbocycles. The van der Waals surface area contributed by atoms with Crippen LogP contribution in [0.15, 0.2) is 23.6 Å². The molecule has 1 aromatic heterocycles. The number of aromatic nitrogens is 1. The Kier molecular flexibility index (Phi) is 1.88. The lowest BCUT2D eigenvalue weighted by atomic mass is 10.1. The Balaban J connectivity index is 2.42. The van der Waals surface area contributed by atoms with E-state index in [0.29, 0.717) is 5.92 Å². The van der Waals surface area contributed by atoms with Gasteiger partial charge in [-0.2, -0.15) is 0 Å². The fraction of sp³-hybridized carbons (Fsp3) is 0.333. The first-order valence-electron chi connectivity index (χ1n) is 4.24. The third-order valence-electron chi connectivity index (χ3n) is 2.26. The standard InChI is InChI=1S/C9H11N3O/c10-9(12-13)8-5-11-4-3-7(8)6-1-2-6/h3-6,13H,1-2H2,(H2,10,12). The number of oxime groups is 1. The summed E-state index contributed by atoms with van der Waals surface area (Å²) in [6, 6.07) is 1.94. The maximum absolute atomic E-state index is 8.55. The van der Waals surface area contributed by atoms with E-state index >= 15 is 0 Å². The normalized spacial score (nSPS) is 17.4. The van der Waals surface area contributed by atoms with Crippen LogP contribution in [0.25, 0.3) is 0 Å². The molecule has 68 valence electrons. The van der Waals surface area contributed by atoms with Gasteiger partial charge in [0, 0.05) is 18.0 Å². The summed E-state index contributed by atoms with van der Waals surface area (Å²) >= 11 is 0. The highest BCUT2D eigenvalue weighted by molar-refractivity contribution is 5.98. The van der Waals surface area contributed by atoms with Gasteiger partial charge in [-0.15, -0.1) is 0 Å². The number of amidine groups is 1. The topological polar surface area (TPSA) is 71.5 Å². The summed E-state index contributed by atoms with van der Waals surface area (Å²) in [5.74, 6) is 0.730. The average Bonchev–Trinajstić information content (AvgIpc) is 3.00. The molecular weight excluding hydrogens is 166 g/mol. The first-order chi connectivity index (χ1) is 6.33. The smallest absolute Gasteiger partial charge is 0.171 e. The Morgan fingerprint density at radius 3 is 3.00 bits per heavy atom. The van der Waals surface area contributed by atoms with Crippen LogP contribution in [0.5, 0.6) is 0 Å². The second kappa shape index (κ2) is 3.05. The van der Waals surface area contributed by atoms with Crippen molar-refractivity contribution < 1.29 is 5.21 Å². The molecule has 0 saturated heterocycles. The van der Waals surface area contributed by atoms with Gasteiger partial charge in [0.2, 0.25) is 0 Å². The summed E-state index contributed by atoms with van der Waals surface area (Å²) in [5, 5.41) is 11.5. The van der Waals surface area contributed by atoms with Gasteiger partial charge in [-0.25, -0.2) is 0 Å². The van der Waals surface area contributed by atoms with Gasteiger partial charge in [-0.1, -0.05) is 5.16 Å². The zero-order valence-corrected chi connectivity index (χ0v) is 7.14. The van der Waals surface area contributed by atoms with Gasteiger partial charge < -0.3 is 10.9 Å². The zero-order valence-electron chi connectivity index (χ0n) is 7.14. The maximum atomic E-state index is 8.55. The lowest BCUT2D eigenvalue weighted by molar-refractivity contribution is 0.318. The van der Waals surface area contributed by atoms with Gasteiger partial charge in [0.1, 0.15) is 0 Å². The van der Waals surface area contributed by atoms with Crippen molar-refractivity contribution in [3.8, 4) is 0 Å². The van der Waals surface area contributed by atoms with Crippen molar-refractivity contribution in [2.45, 2.75) is 18.8 Å². The van der Waals surface area contributed by atoms with Gasteiger partial charge in [0.25, 0.3) is 0 Å². The fourth-order valence-corrected chi connectivity index (χ4v) is 1.42. The van der Waals surface area contributed by atoms with Crippen LogP contribution in [-0.2, 0) is 0 Å². The van der Waals surface area contributed by atoms with Gasteiger partial charge in [0.05, 0.1) is 0 Å². The summed E-state index contributed by atoms with van der Waals surface area (Å²) in [7, 11) is 0. The van der Waals surface area contributed by atoms with Crippen LogP contribution in [0.4, 0.5) is 0 Å². The van der Waals surface area contributed by atoms with E-state index < -0.39 is 0 Å². The van der Waals surface area contributed by atoms with Crippen LogP contribution in [-0.4, -0.2) is 16.0 Å². The van der Waals surface area contributed by atoms with Crippen molar-refractivity contribution in [2.24, 2.45) is 10.9 Å². The molecule has 0 unspecified atom stereocenters. The average molecular weight is 177 g/mol. The quantitative estimate of drug-likeness (QED) is 0.307. The molecule has 4 nitrogen and oxygen atoms in total. The van der Waals surface area contributed by atoms with Crippen LogP contribution in [0.3, 0.4) is 0 Å². The van der Waals surface area contributed by atoms with Gasteiger partial charge in [-0.05, 0) is 30.4 Å². The van der Waals surface area contributed by atoms with Crippen LogP contribution in [0, 0.1) is 0 Å². The lowest BCUT2D eigenvalue weighted by Gasteiger charge is -2.04. The predicted octanol–water partition coefficient (Wildman–Crippen LogP) is 1.05. The van der Waals surface area contributed by atoms with E-state index in [0.717, 1.165) is 11.1 Å². The van der Waals surface area contributed by atoms with Gasteiger partial charge in [0.15, 0.2) is 5.84 Å².